The number of nitrogens with zero attached hydrogens (tertiary/aromatic N) is 1. The van der Waals surface area contributed by atoms with Crippen LogP contribution in [0.2, 0.25) is 0 Å². The Morgan fingerprint density at radius 3 is 2.61 bits per heavy atom. The second-order valence-electron chi connectivity index (χ2n) is 5.53. The fourth-order valence-electron chi connectivity index (χ4n) is 2.68. The lowest BCUT2D eigenvalue weighted by molar-refractivity contribution is -0.139. The minimum atomic E-state index is -1.05. The van der Waals surface area contributed by atoms with Gasteiger partial charge >= 0.3 is 5.97 Å². The van der Waals surface area contributed by atoms with Gasteiger partial charge < -0.3 is 15.2 Å². The summed E-state index contributed by atoms with van der Waals surface area (Å²) in [6, 6.07) is 15.5. The summed E-state index contributed by atoms with van der Waals surface area (Å²) in [6.45, 7) is 0. The van der Waals surface area contributed by atoms with Gasteiger partial charge in [-0.1, -0.05) is 42.5 Å². The molecule has 1 atom stereocenters. The Kier molecular flexibility index (Phi) is 4.39. The van der Waals surface area contributed by atoms with E-state index in [1.54, 1.807) is 12.1 Å². The molecule has 0 bridgehead atoms. The van der Waals surface area contributed by atoms with Gasteiger partial charge in [0, 0.05) is 12.0 Å². The molecule has 23 heavy (non-hydrogen) atoms. The van der Waals surface area contributed by atoms with Crippen LogP contribution in [0.4, 0.5) is 0 Å². The Morgan fingerprint density at radius 2 is 1.87 bits per heavy atom. The van der Waals surface area contributed by atoms with E-state index in [2.05, 4.69) is 22.1 Å². The maximum atomic E-state index is 10.8. The van der Waals surface area contributed by atoms with Crippen molar-refractivity contribution in [3.63, 3.8) is 0 Å². The zero-order chi connectivity index (χ0) is 16.2. The van der Waals surface area contributed by atoms with Crippen molar-refractivity contribution in [2.75, 3.05) is 0 Å². The molecule has 0 radical (unpaired) electrons. The van der Waals surface area contributed by atoms with Crippen LogP contribution in [0.25, 0.3) is 11.0 Å². The molecule has 0 amide bonds. The standard InChI is InChI=1S/C18H18N2O3/c21-15(11-17(22)23)13-7-4-8-14-18(13)20-16(19-14)10-9-12-5-2-1-3-6-12/h1-8,15,21H,9-11H2,(H,19,20)(H,22,23). The molecule has 0 saturated carbocycles. The SMILES string of the molecule is O=C(O)CC(O)c1cccc2[nH]c(CCc3ccccc3)nc12. The monoisotopic (exact) mass is 310 g/mol. The number of aliphatic hydroxyl groups excluding tert-OH is 1. The highest BCUT2D eigenvalue weighted by Gasteiger charge is 2.17. The van der Waals surface area contributed by atoms with E-state index in [1.165, 1.54) is 5.56 Å². The van der Waals surface area contributed by atoms with Gasteiger partial charge in [0.1, 0.15) is 5.82 Å². The number of rotatable bonds is 6. The molecule has 1 aromatic heterocycles. The lowest BCUT2D eigenvalue weighted by Crippen LogP contribution is -2.05. The molecule has 2 aromatic carbocycles. The quantitative estimate of drug-likeness (QED) is 0.653. The minimum absolute atomic E-state index is 0.328. The maximum Gasteiger partial charge on any atom is 0.306 e. The maximum absolute atomic E-state index is 10.8. The van der Waals surface area contributed by atoms with Crippen molar-refractivity contribution in [3.8, 4) is 0 Å². The number of carboxylic acids is 1. The van der Waals surface area contributed by atoms with Crippen LogP contribution in [0.3, 0.4) is 0 Å². The van der Waals surface area contributed by atoms with E-state index in [9.17, 15) is 9.90 Å². The van der Waals surface area contributed by atoms with Crippen molar-refractivity contribution in [2.24, 2.45) is 0 Å². The molecule has 5 heteroatoms. The van der Waals surface area contributed by atoms with Gasteiger partial charge in [0.2, 0.25) is 0 Å². The Morgan fingerprint density at radius 1 is 1.09 bits per heavy atom. The van der Waals surface area contributed by atoms with Gasteiger partial charge in [-0.3, -0.25) is 4.79 Å². The van der Waals surface area contributed by atoms with Crippen LogP contribution < -0.4 is 0 Å². The summed E-state index contributed by atoms with van der Waals surface area (Å²) >= 11 is 0. The number of hydrogen-bond acceptors (Lipinski definition) is 3. The number of aryl methyl sites for hydroxylation is 2. The van der Waals surface area contributed by atoms with Gasteiger partial charge in [-0.05, 0) is 18.1 Å². The van der Waals surface area contributed by atoms with E-state index >= 15 is 0 Å². The zero-order valence-corrected chi connectivity index (χ0v) is 12.6. The summed E-state index contributed by atoms with van der Waals surface area (Å²) in [5.41, 5.74) is 3.24. The number of fused-ring (bicyclic) bond motifs is 1. The van der Waals surface area contributed by atoms with Gasteiger partial charge in [0.15, 0.2) is 0 Å². The number of carbonyl (C=O) groups is 1. The van der Waals surface area contributed by atoms with Crippen LogP contribution >= 0.6 is 0 Å². The molecule has 1 unspecified atom stereocenters. The summed E-state index contributed by atoms with van der Waals surface area (Å²) in [6.07, 6.45) is 0.244. The molecule has 3 rings (SSSR count). The first-order valence-corrected chi connectivity index (χ1v) is 7.55. The van der Waals surface area contributed by atoms with E-state index in [1.807, 2.05) is 24.3 Å². The topological polar surface area (TPSA) is 86.2 Å². The third-order valence-corrected chi connectivity index (χ3v) is 3.81. The summed E-state index contributed by atoms with van der Waals surface area (Å²) in [4.78, 5) is 18.6. The number of hydrogen-bond donors (Lipinski definition) is 3. The molecule has 3 aromatic rings. The number of aromatic amines is 1. The van der Waals surface area contributed by atoms with Crippen LogP contribution in [-0.4, -0.2) is 26.2 Å². The number of imidazole rings is 1. The van der Waals surface area contributed by atoms with E-state index in [0.717, 1.165) is 24.2 Å². The van der Waals surface area contributed by atoms with Gasteiger partial charge in [0.05, 0.1) is 23.6 Å². The Balaban J connectivity index is 1.82. The number of aromatic nitrogens is 2. The third kappa shape index (κ3) is 3.57. The van der Waals surface area contributed by atoms with Gasteiger partial charge in [-0.2, -0.15) is 0 Å². The first-order chi connectivity index (χ1) is 11.1. The number of para-hydroxylation sites is 1. The lowest BCUT2D eigenvalue weighted by Gasteiger charge is -2.08. The van der Waals surface area contributed by atoms with E-state index in [0.29, 0.717) is 11.1 Å². The highest BCUT2D eigenvalue weighted by Crippen LogP contribution is 2.25. The van der Waals surface area contributed by atoms with Crippen LogP contribution in [0.1, 0.15) is 29.5 Å². The predicted octanol–water partition coefficient (Wildman–Crippen LogP) is 2.86. The highest BCUT2D eigenvalue weighted by molar-refractivity contribution is 5.80. The van der Waals surface area contributed by atoms with Crippen molar-refractivity contribution < 1.29 is 15.0 Å². The molecule has 0 aliphatic rings. The molecule has 0 spiro atoms. The normalized spacial score (nSPS) is 12.4. The first-order valence-electron chi connectivity index (χ1n) is 7.55. The number of H-pyrrole nitrogens is 1. The summed E-state index contributed by atoms with van der Waals surface area (Å²) in [5, 5.41) is 18.9. The summed E-state index contributed by atoms with van der Waals surface area (Å²) < 4.78 is 0. The number of aliphatic carboxylic acids is 1. The molecule has 0 saturated heterocycles. The number of aliphatic hydroxyl groups is 1. The van der Waals surface area contributed by atoms with Crippen LogP contribution in [0, 0.1) is 0 Å². The Bertz CT molecular complexity index is 812. The fourth-order valence-corrected chi connectivity index (χ4v) is 2.68. The van der Waals surface area contributed by atoms with Crippen molar-refractivity contribution in [2.45, 2.75) is 25.4 Å². The average Bonchev–Trinajstić information content (AvgIpc) is 2.96. The van der Waals surface area contributed by atoms with Crippen molar-refractivity contribution >= 4 is 17.0 Å². The second-order valence-corrected chi connectivity index (χ2v) is 5.53. The Hall–Kier alpha value is -2.66. The second kappa shape index (κ2) is 6.62. The summed E-state index contributed by atoms with van der Waals surface area (Å²) in [5.74, 6) is -0.201. The van der Waals surface area contributed by atoms with Gasteiger partial charge in [0.25, 0.3) is 0 Å². The lowest BCUT2D eigenvalue weighted by atomic mass is 10.1. The molecule has 118 valence electrons. The zero-order valence-electron chi connectivity index (χ0n) is 12.6. The Labute approximate surface area is 133 Å². The molecule has 0 aliphatic carbocycles. The van der Waals surface area contributed by atoms with Gasteiger partial charge in [-0.15, -0.1) is 0 Å². The molecule has 0 aliphatic heterocycles. The highest BCUT2D eigenvalue weighted by atomic mass is 16.4. The molecule has 0 fully saturated rings. The number of benzene rings is 2. The molecule has 1 heterocycles. The number of carboxylic acid groups (broad SMARTS) is 1. The third-order valence-electron chi connectivity index (χ3n) is 3.81. The van der Waals surface area contributed by atoms with Crippen molar-refractivity contribution in [1.82, 2.24) is 9.97 Å². The smallest absolute Gasteiger partial charge is 0.306 e. The van der Waals surface area contributed by atoms with E-state index in [4.69, 9.17) is 5.11 Å². The van der Waals surface area contributed by atoms with E-state index in [-0.39, 0.29) is 6.42 Å². The average molecular weight is 310 g/mol. The molecule has 5 nitrogen and oxygen atoms in total. The fraction of sp³-hybridized carbons (Fsp3) is 0.222. The molecular formula is C18H18N2O3. The first kappa shape index (κ1) is 15.2. The minimum Gasteiger partial charge on any atom is -0.481 e. The number of nitrogens with one attached hydrogen (secondary N) is 1. The van der Waals surface area contributed by atoms with Crippen LogP contribution in [-0.2, 0) is 17.6 Å². The summed E-state index contributed by atoms with van der Waals surface area (Å²) in [7, 11) is 0. The molecular weight excluding hydrogens is 292 g/mol. The van der Waals surface area contributed by atoms with Crippen LogP contribution in [0.5, 0.6) is 0 Å². The van der Waals surface area contributed by atoms with Crippen molar-refractivity contribution in [3.05, 3.63) is 65.5 Å². The van der Waals surface area contributed by atoms with Crippen LogP contribution in [0.15, 0.2) is 48.5 Å². The van der Waals surface area contributed by atoms with Crippen molar-refractivity contribution in [1.29, 1.82) is 0 Å². The largest absolute Gasteiger partial charge is 0.481 e. The predicted molar refractivity (Wildman–Crippen MR) is 87.2 cm³/mol. The van der Waals surface area contributed by atoms with Gasteiger partial charge in [-0.25, -0.2) is 4.98 Å². The van der Waals surface area contributed by atoms with E-state index < -0.39 is 12.1 Å². The molecule has 3 N–H and O–H groups in total.